The molecule has 0 atom stereocenters. The minimum absolute atomic E-state index is 0.301. The van der Waals surface area contributed by atoms with E-state index in [-0.39, 0.29) is 6.09 Å². The average Bonchev–Trinajstić information content (AvgIpc) is 2.77. The standard InChI is InChI=1S/C23H31N5O3/c1-23(2,3)31-22(29)28-10-9-18-19(15-28)25-20(16-5-7-17(24-4)8-6-16)26-21(18)27-11-13-30-14-12-27/h5-8,24H,9-15H2,1-4H3. The number of nitrogens with one attached hydrogen (secondary N) is 1. The smallest absolute Gasteiger partial charge is 0.410 e. The van der Waals surface area contributed by atoms with Crippen molar-refractivity contribution in [3.8, 4) is 11.4 Å². The van der Waals surface area contributed by atoms with Crippen LogP contribution >= 0.6 is 0 Å². The van der Waals surface area contributed by atoms with Gasteiger partial charge in [-0.25, -0.2) is 14.8 Å². The lowest BCUT2D eigenvalue weighted by Gasteiger charge is -2.34. The second-order valence-corrected chi connectivity index (χ2v) is 8.87. The molecule has 2 aliphatic rings. The van der Waals surface area contributed by atoms with Crippen LogP contribution in [0.1, 0.15) is 32.0 Å². The molecule has 8 heteroatoms. The van der Waals surface area contributed by atoms with Crippen LogP contribution in [-0.2, 0) is 22.4 Å². The highest BCUT2D eigenvalue weighted by molar-refractivity contribution is 5.70. The molecule has 4 rings (SSSR count). The fraction of sp³-hybridized carbons (Fsp3) is 0.522. The SMILES string of the molecule is CNc1ccc(-c2nc3c(c(N4CCOCC4)n2)CCN(C(=O)OC(C)(C)C)C3)cc1. The number of fused-ring (bicyclic) bond motifs is 1. The van der Waals surface area contributed by atoms with Gasteiger partial charge >= 0.3 is 6.09 Å². The van der Waals surface area contributed by atoms with Gasteiger partial charge in [-0.15, -0.1) is 0 Å². The number of ether oxygens (including phenoxy) is 2. The van der Waals surface area contributed by atoms with Gasteiger partial charge in [-0.1, -0.05) is 0 Å². The number of carbonyl (C=O) groups is 1. The molecule has 0 bridgehead atoms. The van der Waals surface area contributed by atoms with Gasteiger partial charge in [0.1, 0.15) is 11.4 Å². The molecule has 1 saturated heterocycles. The van der Waals surface area contributed by atoms with Gasteiger partial charge in [0.25, 0.3) is 0 Å². The second-order valence-electron chi connectivity index (χ2n) is 8.87. The minimum atomic E-state index is -0.526. The molecule has 0 radical (unpaired) electrons. The van der Waals surface area contributed by atoms with E-state index in [1.807, 2.05) is 52.1 Å². The number of carbonyl (C=O) groups excluding carboxylic acids is 1. The summed E-state index contributed by atoms with van der Waals surface area (Å²) in [4.78, 5) is 26.5. The van der Waals surface area contributed by atoms with Gasteiger partial charge in [0.05, 0.1) is 25.5 Å². The molecule has 2 aromatic rings. The van der Waals surface area contributed by atoms with Crippen LogP contribution in [0.3, 0.4) is 0 Å². The maximum atomic E-state index is 12.7. The average molecular weight is 426 g/mol. The summed E-state index contributed by atoms with van der Waals surface area (Å²) in [5.74, 6) is 1.64. The lowest BCUT2D eigenvalue weighted by atomic mass is 10.0. The number of hydrogen-bond acceptors (Lipinski definition) is 7. The van der Waals surface area contributed by atoms with Crippen molar-refractivity contribution in [2.45, 2.75) is 39.3 Å². The van der Waals surface area contributed by atoms with Crippen molar-refractivity contribution >= 4 is 17.6 Å². The first-order chi connectivity index (χ1) is 14.8. The van der Waals surface area contributed by atoms with E-state index in [1.165, 1.54) is 0 Å². The van der Waals surface area contributed by atoms with E-state index in [4.69, 9.17) is 19.4 Å². The number of rotatable bonds is 3. The Morgan fingerprint density at radius 3 is 2.45 bits per heavy atom. The predicted molar refractivity (Wildman–Crippen MR) is 120 cm³/mol. The van der Waals surface area contributed by atoms with Crippen LogP contribution in [0.4, 0.5) is 16.3 Å². The number of anilines is 2. The van der Waals surface area contributed by atoms with Crippen molar-refractivity contribution < 1.29 is 14.3 Å². The third kappa shape index (κ3) is 4.90. The third-order valence-electron chi connectivity index (χ3n) is 5.44. The summed E-state index contributed by atoms with van der Waals surface area (Å²) in [6, 6.07) is 8.06. The summed E-state index contributed by atoms with van der Waals surface area (Å²) in [6.45, 7) is 9.65. The number of amides is 1. The zero-order valence-corrected chi connectivity index (χ0v) is 18.8. The van der Waals surface area contributed by atoms with Gasteiger partial charge in [-0.2, -0.15) is 0 Å². The molecule has 8 nitrogen and oxygen atoms in total. The van der Waals surface area contributed by atoms with Gasteiger partial charge in [-0.05, 0) is 51.5 Å². The number of morpholine rings is 1. The van der Waals surface area contributed by atoms with Crippen LogP contribution in [0.2, 0.25) is 0 Å². The fourth-order valence-electron chi connectivity index (χ4n) is 3.84. The summed E-state index contributed by atoms with van der Waals surface area (Å²) in [5.41, 5.74) is 3.47. The highest BCUT2D eigenvalue weighted by Gasteiger charge is 2.30. The van der Waals surface area contributed by atoms with Crippen molar-refractivity contribution in [2.24, 2.45) is 0 Å². The summed E-state index contributed by atoms with van der Waals surface area (Å²) in [5, 5.41) is 3.13. The lowest BCUT2D eigenvalue weighted by molar-refractivity contribution is 0.0221. The minimum Gasteiger partial charge on any atom is -0.444 e. The first kappa shape index (κ1) is 21.4. The molecule has 0 aliphatic carbocycles. The monoisotopic (exact) mass is 425 g/mol. The molecule has 31 heavy (non-hydrogen) atoms. The van der Waals surface area contributed by atoms with Crippen LogP contribution in [-0.4, -0.2) is 66.5 Å². The van der Waals surface area contributed by atoms with E-state index in [0.717, 1.165) is 41.4 Å². The molecule has 1 amide bonds. The molecule has 3 heterocycles. The lowest BCUT2D eigenvalue weighted by Crippen LogP contribution is -2.42. The first-order valence-electron chi connectivity index (χ1n) is 10.8. The van der Waals surface area contributed by atoms with E-state index < -0.39 is 5.60 Å². The highest BCUT2D eigenvalue weighted by Crippen LogP contribution is 2.31. The largest absolute Gasteiger partial charge is 0.444 e. The van der Waals surface area contributed by atoms with E-state index in [1.54, 1.807) is 4.90 Å². The zero-order chi connectivity index (χ0) is 22.0. The second kappa shape index (κ2) is 8.70. The summed E-state index contributed by atoms with van der Waals surface area (Å²) in [6.07, 6.45) is 0.407. The molecule has 1 aromatic heterocycles. The molecular formula is C23H31N5O3. The van der Waals surface area contributed by atoms with Crippen molar-refractivity contribution in [1.82, 2.24) is 14.9 Å². The summed E-state index contributed by atoms with van der Waals surface area (Å²) < 4.78 is 11.1. The number of benzene rings is 1. The fourth-order valence-corrected chi connectivity index (χ4v) is 3.84. The van der Waals surface area contributed by atoms with Crippen LogP contribution in [0.5, 0.6) is 0 Å². The Labute approximate surface area is 183 Å². The third-order valence-corrected chi connectivity index (χ3v) is 5.44. The summed E-state index contributed by atoms with van der Waals surface area (Å²) in [7, 11) is 1.90. The van der Waals surface area contributed by atoms with E-state index >= 15 is 0 Å². The predicted octanol–water partition coefficient (Wildman–Crippen LogP) is 3.32. The van der Waals surface area contributed by atoms with Crippen molar-refractivity contribution in [3.05, 3.63) is 35.5 Å². The van der Waals surface area contributed by atoms with Crippen LogP contribution in [0.15, 0.2) is 24.3 Å². The maximum Gasteiger partial charge on any atom is 0.410 e. The van der Waals surface area contributed by atoms with Gasteiger partial charge in [0, 0.05) is 43.5 Å². The Bertz CT molecular complexity index is 933. The van der Waals surface area contributed by atoms with Gasteiger partial charge in [0.15, 0.2) is 5.82 Å². The Kier molecular flexibility index (Phi) is 6.00. The van der Waals surface area contributed by atoms with Gasteiger partial charge in [-0.3, -0.25) is 0 Å². The Balaban J connectivity index is 1.69. The normalized spacial score (nSPS) is 16.6. The van der Waals surface area contributed by atoms with Gasteiger partial charge < -0.3 is 24.6 Å². The Hall–Kier alpha value is -2.87. The van der Waals surface area contributed by atoms with Crippen molar-refractivity contribution in [3.63, 3.8) is 0 Å². The maximum absolute atomic E-state index is 12.7. The quantitative estimate of drug-likeness (QED) is 0.808. The molecule has 0 saturated carbocycles. The van der Waals surface area contributed by atoms with E-state index in [9.17, 15) is 4.79 Å². The zero-order valence-electron chi connectivity index (χ0n) is 18.8. The first-order valence-corrected chi connectivity index (χ1v) is 10.8. The number of nitrogens with zero attached hydrogens (tertiary/aromatic N) is 4. The molecule has 2 aliphatic heterocycles. The summed E-state index contributed by atoms with van der Waals surface area (Å²) >= 11 is 0. The molecule has 1 aromatic carbocycles. The van der Waals surface area contributed by atoms with E-state index in [2.05, 4.69) is 10.2 Å². The van der Waals surface area contributed by atoms with E-state index in [0.29, 0.717) is 38.5 Å². The molecule has 0 unspecified atom stereocenters. The molecule has 166 valence electrons. The number of aromatic nitrogens is 2. The molecule has 1 N–H and O–H groups in total. The Morgan fingerprint density at radius 2 is 1.81 bits per heavy atom. The molecular weight excluding hydrogens is 394 g/mol. The number of hydrogen-bond donors (Lipinski definition) is 1. The topological polar surface area (TPSA) is 79.8 Å². The van der Waals surface area contributed by atoms with Crippen molar-refractivity contribution in [1.29, 1.82) is 0 Å². The van der Waals surface area contributed by atoms with Gasteiger partial charge in [0.2, 0.25) is 0 Å². The van der Waals surface area contributed by atoms with Crippen molar-refractivity contribution in [2.75, 3.05) is 50.1 Å². The van der Waals surface area contributed by atoms with Crippen LogP contribution < -0.4 is 10.2 Å². The van der Waals surface area contributed by atoms with Crippen LogP contribution in [0.25, 0.3) is 11.4 Å². The highest BCUT2D eigenvalue weighted by atomic mass is 16.6. The molecule has 0 spiro atoms. The Morgan fingerprint density at radius 1 is 1.10 bits per heavy atom. The molecule has 1 fully saturated rings. The van der Waals surface area contributed by atoms with Crippen LogP contribution in [0, 0.1) is 0 Å².